The average Bonchev–Trinajstić information content (AvgIpc) is 3.73. The van der Waals surface area contributed by atoms with E-state index in [1.165, 1.54) is 44.4 Å². The van der Waals surface area contributed by atoms with Crippen molar-refractivity contribution in [2.75, 3.05) is 0 Å². The SMILES string of the molecule is c1ccc(-c2cc(-c3ccc4c(c3)C(c3ccccc3)(c3ccccc3)c3c-4c4ccccc4n3-c3ccccc3)cc(-c3ccccc3)n2)cc1. The summed E-state index contributed by atoms with van der Waals surface area (Å²) >= 11 is 0. The van der Waals surface area contributed by atoms with Crippen LogP contribution >= 0.6 is 0 Å². The second-order valence-electron chi connectivity index (χ2n) is 13.5. The number of aromatic nitrogens is 2. The lowest BCUT2D eigenvalue weighted by molar-refractivity contribution is 0.719. The van der Waals surface area contributed by atoms with Crippen molar-refractivity contribution in [1.29, 1.82) is 0 Å². The Kier molecular flexibility index (Phi) is 7.07. The van der Waals surface area contributed by atoms with Gasteiger partial charge in [0.2, 0.25) is 0 Å². The van der Waals surface area contributed by atoms with Crippen molar-refractivity contribution in [2.24, 2.45) is 0 Å². The van der Waals surface area contributed by atoms with E-state index in [1.807, 2.05) is 0 Å². The first-order valence-corrected chi connectivity index (χ1v) is 17.9. The molecule has 7 aromatic carbocycles. The Hall–Kier alpha value is -6.77. The van der Waals surface area contributed by atoms with Crippen molar-refractivity contribution in [1.82, 2.24) is 9.55 Å². The van der Waals surface area contributed by atoms with Crippen molar-refractivity contribution < 1.29 is 0 Å². The minimum absolute atomic E-state index is 0.602. The van der Waals surface area contributed by atoms with E-state index in [0.717, 1.165) is 39.3 Å². The molecule has 2 nitrogen and oxygen atoms in total. The highest BCUT2D eigenvalue weighted by Crippen LogP contribution is 2.60. The van der Waals surface area contributed by atoms with Crippen LogP contribution in [-0.4, -0.2) is 9.55 Å². The summed E-state index contributed by atoms with van der Waals surface area (Å²) in [5.41, 5.74) is 15.7. The second kappa shape index (κ2) is 12.2. The predicted octanol–water partition coefficient (Wildman–Crippen LogP) is 12.4. The van der Waals surface area contributed by atoms with Crippen LogP contribution in [0.5, 0.6) is 0 Å². The maximum absolute atomic E-state index is 5.20. The van der Waals surface area contributed by atoms with Gasteiger partial charge in [-0.3, -0.25) is 0 Å². The van der Waals surface area contributed by atoms with Gasteiger partial charge in [-0.25, -0.2) is 4.98 Å². The highest BCUT2D eigenvalue weighted by Gasteiger charge is 2.50. The lowest BCUT2D eigenvalue weighted by atomic mass is 9.69. The third-order valence-electron chi connectivity index (χ3n) is 10.6. The maximum atomic E-state index is 5.20. The molecule has 244 valence electrons. The molecule has 0 amide bonds. The monoisotopic (exact) mass is 662 g/mol. The molecule has 10 rings (SSSR count). The molecule has 2 heteroatoms. The Morgan fingerprint density at radius 2 is 0.904 bits per heavy atom. The summed E-state index contributed by atoms with van der Waals surface area (Å²) in [6, 6.07) is 74.5. The van der Waals surface area contributed by atoms with Crippen molar-refractivity contribution in [3.8, 4) is 50.5 Å². The minimum Gasteiger partial charge on any atom is -0.311 e. The molecule has 0 aliphatic heterocycles. The standard InChI is InChI=1S/C50H34N2/c1-6-18-35(19-7-1)45-33-38(34-46(51-45)36-20-8-2-9-21-36)37-30-31-42-44(32-37)50(39-22-10-3-11-23-39,40-24-12-4-13-25-40)49-48(42)43-28-16-17-29-47(43)52(49)41-26-14-5-15-27-41/h1-34H. The van der Waals surface area contributed by atoms with E-state index >= 15 is 0 Å². The summed E-state index contributed by atoms with van der Waals surface area (Å²) in [5, 5.41) is 1.26. The summed E-state index contributed by atoms with van der Waals surface area (Å²) in [5.74, 6) is 0. The Labute approximate surface area is 304 Å². The number of hydrogen-bond acceptors (Lipinski definition) is 1. The van der Waals surface area contributed by atoms with Gasteiger partial charge >= 0.3 is 0 Å². The average molecular weight is 663 g/mol. The summed E-state index contributed by atoms with van der Waals surface area (Å²) in [4.78, 5) is 5.20. The number of para-hydroxylation sites is 2. The first kappa shape index (κ1) is 30.1. The van der Waals surface area contributed by atoms with Gasteiger partial charge < -0.3 is 4.57 Å². The number of rotatable bonds is 6. The van der Waals surface area contributed by atoms with Crippen LogP contribution in [0.4, 0.5) is 0 Å². The van der Waals surface area contributed by atoms with Crippen LogP contribution in [0.25, 0.3) is 61.4 Å². The van der Waals surface area contributed by atoms with Gasteiger partial charge in [0.15, 0.2) is 0 Å². The van der Waals surface area contributed by atoms with Gasteiger partial charge in [0.25, 0.3) is 0 Å². The van der Waals surface area contributed by atoms with Gasteiger partial charge in [0.05, 0.1) is 28.0 Å². The molecule has 0 bridgehead atoms. The molecule has 1 aliphatic carbocycles. The van der Waals surface area contributed by atoms with Gasteiger partial charge in [-0.05, 0) is 69.8 Å². The molecule has 0 fully saturated rings. The highest BCUT2D eigenvalue weighted by atomic mass is 15.0. The van der Waals surface area contributed by atoms with Crippen LogP contribution in [0.15, 0.2) is 206 Å². The molecule has 9 aromatic rings. The van der Waals surface area contributed by atoms with E-state index in [-0.39, 0.29) is 0 Å². The van der Waals surface area contributed by atoms with Crippen molar-refractivity contribution in [3.63, 3.8) is 0 Å². The largest absolute Gasteiger partial charge is 0.311 e. The van der Waals surface area contributed by atoms with E-state index in [2.05, 4.69) is 211 Å². The van der Waals surface area contributed by atoms with Crippen LogP contribution in [0, 0.1) is 0 Å². The second-order valence-corrected chi connectivity index (χ2v) is 13.5. The van der Waals surface area contributed by atoms with E-state index < -0.39 is 5.41 Å². The number of pyridine rings is 1. The number of nitrogens with zero attached hydrogens (tertiary/aromatic N) is 2. The maximum Gasteiger partial charge on any atom is 0.0870 e. The summed E-state index contributed by atoms with van der Waals surface area (Å²) in [6.45, 7) is 0. The molecule has 2 aromatic heterocycles. The molecule has 0 saturated carbocycles. The normalized spacial score (nSPS) is 12.8. The lowest BCUT2D eigenvalue weighted by Crippen LogP contribution is -2.31. The van der Waals surface area contributed by atoms with Crippen LogP contribution in [-0.2, 0) is 5.41 Å². The molecule has 0 atom stereocenters. The molecule has 0 radical (unpaired) electrons. The molecular weight excluding hydrogens is 629 g/mol. The zero-order chi connectivity index (χ0) is 34.5. The van der Waals surface area contributed by atoms with E-state index in [0.29, 0.717) is 0 Å². The topological polar surface area (TPSA) is 17.8 Å². The van der Waals surface area contributed by atoms with Crippen molar-refractivity contribution in [3.05, 3.63) is 229 Å². The van der Waals surface area contributed by atoms with Crippen molar-refractivity contribution in [2.45, 2.75) is 5.41 Å². The Morgan fingerprint density at radius 1 is 0.404 bits per heavy atom. The van der Waals surface area contributed by atoms with Gasteiger partial charge in [0.1, 0.15) is 0 Å². The fourth-order valence-electron chi connectivity index (χ4n) is 8.43. The van der Waals surface area contributed by atoms with E-state index in [1.54, 1.807) is 0 Å². The predicted molar refractivity (Wildman–Crippen MR) is 215 cm³/mol. The third kappa shape index (κ3) is 4.62. The van der Waals surface area contributed by atoms with E-state index in [4.69, 9.17) is 4.98 Å². The van der Waals surface area contributed by atoms with E-state index in [9.17, 15) is 0 Å². The van der Waals surface area contributed by atoms with Gasteiger partial charge in [-0.15, -0.1) is 0 Å². The zero-order valence-corrected chi connectivity index (χ0v) is 28.5. The van der Waals surface area contributed by atoms with Crippen LogP contribution in [0.2, 0.25) is 0 Å². The Morgan fingerprint density at radius 3 is 1.48 bits per heavy atom. The van der Waals surface area contributed by atoms with Crippen LogP contribution < -0.4 is 0 Å². The fraction of sp³-hybridized carbons (Fsp3) is 0.0200. The van der Waals surface area contributed by atoms with Crippen LogP contribution in [0.1, 0.15) is 22.4 Å². The number of fused-ring (bicyclic) bond motifs is 5. The highest BCUT2D eigenvalue weighted by molar-refractivity contribution is 6.05. The molecule has 0 saturated heterocycles. The molecule has 1 aliphatic rings. The Bertz CT molecular complexity index is 2600. The first-order chi connectivity index (χ1) is 25.8. The summed E-state index contributed by atoms with van der Waals surface area (Å²) in [7, 11) is 0. The molecular formula is C50H34N2. The van der Waals surface area contributed by atoms with Crippen LogP contribution in [0.3, 0.4) is 0 Å². The molecule has 0 spiro atoms. The summed E-state index contributed by atoms with van der Waals surface area (Å²) in [6.07, 6.45) is 0. The smallest absolute Gasteiger partial charge is 0.0870 e. The molecule has 0 unspecified atom stereocenters. The Balaban J connectivity index is 1.32. The zero-order valence-electron chi connectivity index (χ0n) is 28.5. The van der Waals surface area contributed by atoms with Gasteiger partial charge in [0, 0.05) is 27.8 Å². The number of benzene rings is 7. The first-order valence-electron chi connectivity index (χ1n) is 17.9. The van der Waals surface area contributed by atoms with Gasteiger partial charge in [-0.1, -0.05) is 170 Å². The molecule has 0 N–H and O–H groups in total. The molecule has 2 heterocycles. The third-order valence-corrected chi connectivity index (χ3v) is 10.6. The summed E-state index contributed by atoms with van der Waals surface area (Å²) < 4.78 is 2.51. The van der Waals surface area contributed by atoms with Gasteiger partial charge in [-0.2, -0.15) is 0 Å². The fourth-order valence-corrected chi connectivity index (χ4v) is 8.43. The quantitative estimate of drug-likeness (QED) is 0.173. The lowest BCUT2D eigenvalue weighted by Gasteiger charge is -2.35. The molecule has 52 heavy (non-hydrogen) atoms. The minimum atomic E-state index is -0.602. The number of hydrogen-bond donors (Lipinski definition) is 0. The van der Waals surface area contributed by atoms with Crippen molar-refractivity contribution >= 4 is 10.9 Å².